The minimum atomic E-state index is 0.307. The Bertz CT molecular complexity index is 498. The lowest BCUT2D eigenvalue weighted by Crippen LogP contribution is -2.26. The van der Waals surface area contributed by atoms with E-state index in [4.69, 9.17) is 4.42 Å². The molecule has 3 nitrogen and oxygen atoms in total. The molecular formula is C13H16N2O. The highest BCUT2D eigenvalue weighted by atomic mass is 16.3. The Morgan fingerprint density at radius 3 is 3.12 bits per heavy atom. The molecule has 0 spiro atoms. The van der Waals surface area contributed by atoms with Crippen LogP contribution < -0.4 is 5.32 Å². The van der Waals surface area contributed by atoms with Gasteiger partial charge in [0.05, 0.1) is 6.04 Å². The summed E-state index contributed by atoms with van der Waals surface area (Å²) in [6.45, 7) is 3.14. The van der Waals surface area contributed by atoms with Gasteiger partial charge in [-0.1, -0.05) is 12.5 Å². The molecule has 1 aromatic heterocycles. The van der Waals surface area contributed by atoms with Crippen LogP contribution in [0.3, 0.4) is 0 Å². The largest absolute Gasteiger partial charge is 0.439 e. The molecule has 3 rings (SSSR count). The van der Waals surface area contributed by atoms with Gasteiger partial charge in [0, 0.05) is 0 Å². The first-order valence-corrected chi connectivity index (χ1v) is 5.93. The van der Waals surface area contributed by atoms with Gasteiger partial charge in [-0.05, 0) is 44.0 Å². The summed E-state index contributed by atoms with van der Waals surface area (Å²) >= 11 is 0. The normalized spacial score (nSPS) is 21.4. The van der Waals surface area contributed by atoms with Gasteiger partial charge in [-0.15, -0.1) is 0 Å². The van der Waals surface area contributed by atoms with Gasteiger partial charge in [-0.2, -0.15) is 0 Å². The summed E-state index contributed by atoms with van der Waals surface area (Å²) in [6.07, 6.45) is 3.65. The molecule has 84 valence electrons. The first-order chi connectivity index (χ1) is 7.83. The van der Waals surface area contributed by atoms with Crippen molar-refractivity contribution in [2.75, 3.05) is 6.54 Å². The number of nitrogens with one attached hydrogen (secondary N) is 1. The molecule has 1 atom stereocenters. The molecule has 2 aromatic rings. The molecule has 3 heteroatoms. The van der Waals surface area contributed by atoms with Gasteiger partial charge in [0.1, 0.15) is 5.52 Å². The number of nitrogens with zero attached hydrogens (tertiary/aromatic N) is 1. The van der Waals surface area contributed by atoms with Crippen molar-refractivity contribution < 1.29 is 4.42 Å². The van der Waals surface area contributed by atoms with E-state index < -0.39 is 0 Å². The van der Waals surface area contributed by atoms with Gasteiger partial charge in [0.25, 0.3) is 0 Å². The smallest absolute Gasteiger partial charge is 0.212 e. The molecule has 16 heavy (non-hydrogen) atoms. The lowest BCUT2D eigenvalue weighted by Gasteiger charge is -2.19. The highest BCUT2D eigenvalue weighted by Gasteiger charge is 2.19. The zero-order valence-electron chi connectivity index (χ0n) is 9.49. The molecule has 1 saturated heterocycles. The second kappa shape index (κ2) is 3.91. The van der Waals surface area contributed by atoms with E-state index in [1.54, 1.807) is 0 Å². The fourth-order valence-corrected chi connectivity index (χ4v) is 2.26. The maximum Gasteiger partial charge on any atom is 0.212 e. The molecule has 0 saturated carbocycles. The molecular weight excluding hydrogens is 200 g/mol. The topological polar surface area (TPSA) is 38.1 Å². The minimum absolute atomic E-state index is 0.307. The molecule has 1 aliphatic heterocycles. The van der Waals surface area contributed by atoms with Crippen LogP contribution >= 0.6 is 0 Å². The predicted octanol–water partition coefficient (Wildman–Crippen LogP) is 2.95. The Kier molecular flexibility index (Phi) is 2.40. The van der Waals surface area contributed by atoms with Crippen molar-refractivity contribution in [1.82, 2.24) is 10.3 Å². The van der Waals surface area contributed by atoms with E-state index in [-0.39, 0.29) is 0 Å². The average molecular weight is 216 g/mol. The Morgan fingerprint density at radius 1 is 1.38 bits per heavy atom. The average Bonchev–Trinajstić information content (AvgIpc) is 2.73. The van der Waals surface area contributed by atoms with Crippen LogP contribution in [0.2, 0.25) is 0 Å². The van der Waals surface area contributed by atoms with Crippen LogP contribution in [0.1, 0.15) is 36.8 Å². The molecule has 1 unspecified atom stereocenters. The Hall–Kier alpha value is -1.35. The fraction of sp³-hybridized carbons (Fsp3) is 0.462. The third kappa shape index (κ3) is 1.71. The van der Waals surface area contributed by atoms with Crippen LogP contribution in [-0.2, 0) is 0 Å². The maximum absolute atomic E-state index is 5.81. The SMILES string of the molecule is Cc1ccc2nc(C3CCCCN3)oc2c1. The van der Waals surface area contributed by atoms with Crippen molar-refractivity contribution >= 4 is 11.1 Å². The molecule has 1 fully saturated rings. The van der Waals surface area contributed by atoms with Crippen LogP contribution in [0, 0.1) is 6.92 Å². The molecule has 0 bridgehead atoms. The monoisotopic (exact) mass is 216 g/mol. The van der Waals surface area contributed by atoms with Crippen molar-refractivity contribution in [2.24, 2.45) is 0 Å². The highest BCUT2D eigenvalue weighted by Crippen LogP contribution is 2.26. The Morgan fingerprint density at radius 2 is 2.31 bits per heavy atom. The number of hydrogen-bond donors (Lipinski definition) is 1. The van der Waals surface area contributed by atoms with E-state index in [0.29, 0.717) is 6.04 Å². The van der Waals surface area contributed by atoms with Gasteiger partial charge in [0.15, 0.2) is 5.58 Å². The van der Waals surface area contributed by atoms with Crippen LogP contribution in [0.5, 0.6) is 0 Å². The van der Waals surface area contributed by atoms with Gasteiger partial charge in [0.2, 0.25) is 5.89 Å². The van der Waals surface area contributed by atoms with Crippen molar-refractivity contribution in [2.45, 2.75) is 32.2 Å². The molecule has 1 aliphatic rings. The Labute approximate surface area is 94.9 Å². The lowest BCUT2D eigenvalue weighted by molar-refractivity contribution is 0.347. The van der Waals surface area contributed by atoms with Gasteiger partial charge >= 0.3 is 0 Å². The molecule has 0 aliphatic carbocycles. The molecule has 2 heterocycles. The third-order valence-electron chi connectivity index (χ3n) is 3.17. The number of rotatable bonds is 1. The number of piperidine rings is 1. The van der Waals surface area contributed by atoms with Crippen molar-refractivity contribution in [1.29, 1.82) is 0 Å². The summed E-state index contributed by atoms with van der Waals surface area (Å²) in [5.41, 5.74) is 3.09. The van der Waals surface area contributed by atoms with E-state index in [0.717, 1.165) is 30.0 Å². The highest BCUT2D eigenvalue weighted by molar-refractivity contribution is 5.73. The van der Waals surface area contributed by atoms with Crippen LogP contribution in [0.4, 0.5) is 0 Å². The molecule has 0 radical (unpaired) electrons. The first kappa shape index (κ1) is 9.85. The van der Waals surface area contributed by atoms with E-state index in [2.05, 4.69) is 29.4 Å². The number of hydrogen-bond acceptors (Lipinski definition) is 3. The molecule has 1 aromatic carbocycles. The molecule has 1 N–H and O–H groups in total. The minimum Gasteiger partial charge on any atom is -0.439 e. The van der Waals surface area contributed by atoms with Crippen LogP contribution in [0.15, 0.2) is 22.6 Å². The quantitative estimate of drug-likeness (QED) is 0.796. The van der Waals surface area contributed by atoms with Crippen molar-refractivity contribution in [3.05, 3.63) is 29.7 Å². The van der Waals surface area contributed by atoms with Gasteiger partial charge in [-0.25, -0.2) is 4.98 Å². The van der Waals surface area contributed by atoms with Crippen LogP contribution in [0.25, 0.3) is 11.1 Å². The standard InChI is InChI=1S/C13H16N2O/c1-9-5-6-10-12(8-9)16-13(15-10)11-4-2-3-7-14-11/h5-6,8,11,14H,2-4,7H2,1H3. The zero-order valence-corrected chi connectivity index (χ0v) is 9.49. The van der Waals surface area contributed by atoms with Gasteiger partial charge in [-0.3, -0.25) is 0 Å². The summed E-state index contributed by atoms with van der Waals surface area (Å²) in [5, 5.41) is 3.45. The third-order valence-corrected chi connectivity index (χ3v) is 3.17. The van der Waals surface area contributed by atoms with E-state index in [1.807, 2.05) is 6.07 Å². The van der Waals surface area contributed by atoms with Crippen molar-refractivity contribution in [3.63, 3.8) is 0 Å². The fourth-order valence-electron chi connectivity index (χ4n) is 2.26. The second-order valence-corrected chi connectivity index (χ2v) is 4.53. The van der Waals surface area contributed by atoms with E-state index in [1.165, 1.54) is 18.4 Å². The number of benzene rings is 1. The summed E-state index contributed by atoms with van der Waals surface area (Å²) in [6, 6.07) is 6.46. The number of aromatic nitrogens is 1. The van der Waals surface area contributed by atoms with Crippen LogP contribution in [-0.4, -0.2) is 11.5 Å². The maximum atomic E-state index is 5.81. The first-order valence-electron chi connectivity index (χ1n) is 5.93. The second-order valence-electron chi connectivity index (χ2n) is 4.53. The number of aryl methyl sites for hydroxylation is 1. The summed E-state index contributed by atoms with van der Waals surface area (Å²) in [7, 11) is 0. The predicted molar refractivity (Wildman–Crippen MR) is 63.3 cm³/mol. The molecule has 0 amide bonds. The lowest BCUT2D eigenvalue weighted by atomic mass is 10.1. The van der Waals surface area contributed by atoms with Crippen molar-refractivity contribution in [3.8, 4) is 0 Å². The zero-order chi connectivity index (χ0) is 11.0. The summed E-state index contributed by atoms with van der Waals surface area (Å²) in [5.74, 6) is 0.848. The Balaban J connectivity index is 1.97. The summed E-state index contributed by atoms with van der Waals surface area (Å²) < 4.78 is 5.81. The number of fused-ring (bicyclic) bond motifs is 1. The van der Waals surface area contributed by atoms with E-state index in [9.17, 15) is 0 Å². The van der Waals surface area contributed by atoms with Gasteiger partial charge < -0.3 is 9.73 Å². The number of oxazole rings is 1. The van der Waals surface area contributed by atoms with E-state index >= 15 is 0 Å². The summed E-state index contributed by atoms with van der Waals surface area (Å²) in [4.78, 5) is 4.55.